The van der Waals surface area contributed by atoms with E-state index in [2.05, 4.69) is 10.0 Å². The fourth-order valence-electron chi connectivity index (χ4n) is 4.44. The monoisotopic (exact) mass is 476 g/mol. The van der Waals surface area contributed by atoms with Crippen LogP contribution in [0.2, 0.25) is 0 Å². The van der Waals surface area contributed by atoms with Crippen LogP contribution in [0.15, 0.2) is 53.4 Å². The van der Waals surface area contributed by atoms with E-state index in [0.29, 0.717) is 23.6 Å². The Labute approximate surface area is 189 Å². The zero-order valence-electron chi connectivity index (χ0n) is 17.8. The molecule has 9 heteroatoms. The molecule has 4 rings (SSSR count). The third-order valence-electron chi connectivity index (χ3n) is 6.23. The van der Waals surface area contributed by atoms with Crippen molar-refractivity contribution in [2.45, 2.75) is 55.4 Å². The SMILES string of the molecule is O=C(N[C@H]1CCS(=O)(=O)C1)c1ccc(NS(=O)(=O)c2ccc(C3CCCCC3)cc2)cc1. The van der Waals surface area contributed by atoms with Crippen LogP contribution in [-0.2, 0) is 19.9 Å². The average molecular weight is 477 g/mol. The van der Waals surface area contributed by atoms with Gasteiger partial charge in [-0.3, -0.25) is 9.52 Å². The van der Waals surface area contributed by atoms with Crippen LogP contribution in [0, 0.1) is 0 Å². The lowest BCUT2D eigenvalue weighted by atomic mass is 9.84. The smallest absolute Gasteiger partial charge is 0.261 e. The van der Waals surface area contributed by atoms with Crippen LogP contribution in [-0.4, -0.2) is 40.3 Å². The summed E-state index contributed by atoms with van der Waals surface area (Å²) in [7, 11) is -6.82. The largest absolute Gasteiger partial charge is 0.348 e. The molecule has 32 heavy (non-hydrogen) atoms. The molecule has 2 aliphatic rings. The first-order chi connectivity index (χ1) is 15.2. The molecule has 1 aliphatic carbocycles. The molecule has 2 N–H and O–H groups in total. The summed E-state index contributed by atoms with van der Waals surface area (Å²) >= 11 is 0. The number of benzene rings is 2. The second-order valence-corrected chi connectivity index (χ2v) is 12.6. The predicted octanol–water partition coefficient (Wildman–Crippen LogP) is 3.45. The van der Waals surface area contributed by atoms with E-state index in [9.17, 15) is 21.6 Å². The predicted molar refractivity (Wildman–Crippen MR) is 124 cm³/mol. The molecular weight excluding hydrogens is 448 g/mol. The van der Waals surface area contributed by atoms with Crippen molar-refractivity contribution in [3.63, 3.8) is 0 Å². The number of carbonyl (C=O) groups excluding carboxylic acids is 1. The third-order valence-corrected chi connectivity index (χ3v) is 9.40. The number of hydrogen-bond acceptors (Lipinski definition) is 5. The van der Waals surface area contributed by atoms with Crippen LogP contribution < -0.4 is 10.0 Å². The van der Waals surface area contributed by atoms with Crippen molar-refractivity contribution in [3.05, 3.63) is 59.7 Å². The fraction of sp³-hybridized carbons (Fsp3) is 0.435. The molecule has 1 saturated heterocycles. The highest BCUT2D eigenvalue weighted by Gasteiger charge is 2.29. The van der Waals surface area contributed by atoms with Crippen LogP contribution in [0.25, 0.3) is 0 Å². The number of hydrogen-bond donors (Lipinski definition) is 2. The van der Waals surface area contributed by atoms with E-state index in [0.717, 1.165) is 12.8 Å². The van der Waals surface area contributed by atoms with Gasteiger partial charge in [0.2, 0.25) is 0 Å². The quantitative estimate of drug-likeness (QED) is 0.664. The molecule has 1 amide bonds. The molecule has 1 heterocycles. The summed E-state index contributed by atoms with van der Waals surface area (Å²) in [5.74, 6) is 0.174. The van der Waals surface area contributed by atoms with Crippen LogP contribution >= 0.6 is 0 Å². The third kappa shape index (κ3) is 5.50. The minimum absolute atomic E-state index is 0.0455. The Hall–Kier alpha value is -2.39. The van der Waals surface area contributed by atoms with E-state index in [1.165, 1.54) is 49.1 Å². The number of sulfone groups is 1. The lowest BCUT2D eigenvalue weighted by molar-refractivity contribution is 0.0941. The molecule has 172 valence electrons. The number of rotatable bonds is 6. The van der Waals surface area contributed by atoms with Gasteiger partial charge in [0.1, 0.15) is 0 Å². The molecule has 1 atom stereocenters. The van der Waals surface area contributed by atoms with Crippen molar-refractivity contribution in [1.82, 2.24) is 5.32 Å². The highest BCUT2D eigenvalue weighted by molar-refractivity contribution is 7.92. The molecule has 0 unspecified atom stereocenters. The van der Waals surface area contributed by atoms with E-state index < -0.39 is 19.9 Å². The van der Waals surface area contributed by atoms with Crippen LogP contribution in [0.3, 0.4) is 0 Å². The Balaban J connectivity index is 1.38. The van der Waals surface area contributed by atoms with Gasteiger partial charge in [0.05, 0.1) is 16.4 Å². The summed E-state index contributed by atoms with van der Waals surface area (Å²) in [6.07, 6.45) is 6.43. The molecule has 2 fully saturated rings. The maximum absolute atomic E-state index is 12.8. The maximum Gasteiger partial charge on any atom is 0.261 e. The molecule has 2 aromatic rings. The average Bonchev–Trinajstić information content (AvgIpc) is 3.12. The zero-order valence-corrected chi connectivity index (χ0v) is 19.4. The Morgan fingerprint density at radius 1 is 0.875 bits per heavy atom. The van der Waals surface area contributed by atoms with Gasteiger partial charge in [-0.1, -0.05) is 31.4 Å². The van der Waals surface area contributed by atoms with Gasteiger partial charge in [-0.2, -0.15) is 0 Å². The second-order valence-electron chi connectivity index (χ2n) is 8.66. The first-order valence-electron chi connectivity index (χ1n) is 11.0. The summed E-state index contributed by atoms with van der Waals surface area (Å²) in [5.41, 5.74) is 1.88. The minimum Gasteiger partial charge on any atom is -0.348 e. The summed E-state index contributed by atoms with van der Waals surface area (Å²) in [6.45, 7) is 0. The molecule has 0 radical (unpaired) electrons. The van der Waals surface area contributed by atoms with E-state index in [1.54, 1.807) is 12.1 Å². The molecule has 0 aromatic heterocycles. The number of amides is 1. The lowest BCUT2D eigenvalue weighted by Crippen LogP contribution is -2.35. The summed E-state index contributed by atoms with van der Waals surface area (Å²) < 4.78 is 51.1. The van der Waals surface area contributed by atoms with Crippen molar-refractivity contribution in [2.75, 3.05) is 16.2 Å². The lowest BCUT2D eigenvalue weighted by Gasteiger charge is -2.22. The highest BCUT2D eigenvalue weighted by Crippen LogP contribution is 2.33. The summed E-state index contributed by atoms with van der Waals surface area (Å²) in [5, 5.41) is 2.72. The first kappa shape index (κ1) is 22.8. The van der Waals surface area contributed by atoms with Crippen molar-refractivity contribution >= 4 is 31.5 Å². The maximum atomic E-state index is 12.8. The standard InChI is InChI=1S/C23H28N2O5S2/c26-23(24-21-14-15-31(27,28)16-21)19-6-10-20(11-7-19)25-32(29,30)22-12-8-18(9-13-22)17-4-2-1-3-5-17/h6-13,17,21,25H,1-5,14-16H2,(H,24,26)/t21-/m0/s1. The van der Waals surface area contributed by atoms with Gasteiger partial charge in [-0.25, -0.2) is 16.8 Å². The van der Waals surface area contributed by atoms with Crippen molar-refractivity contribution in [3.8, 4) is 0 Å². The summed E-state index contributed by atoms with van der Waals surface area (Å²) in [6, 6.07) is 12.8. The van der Waals surface area contributed by atoms with Gasteiger partial charge in [0.25, 0.3) is 15.9 Å². The van der Waals surface area contributed by atoms with Crippen molar-refractivity contribution < 1.29 is 21.6 Å². The van der Waals surface area contributed by atoms with E-state index in [4.69, 9.17) is 0 Å². The Morgan fingerprint density at radius 2 is 1.53 bits per heavy atom. The highest BCUT2D eigenvalue weighted by atomic mass is 32.2. The normalized spacial score (nSPS) is 21.2. The molecule has 1 saturated carbocycles. The topological polar surface area (TPSA) is 109 Å². The van der Waals surface area contributed by atoms with Crippen molar-refractivity contribution in [1.29, 1.82) is 0 Å². The molecule has 2 aromatic carbocycles. The number of sulfonamides is 1. The molecule has 1 aliphatic heterocycles. The second kappa shape index (κ2) is 9.23. The number of nitrogens with one attached hydrogen (secondary N) is 2. The Bertz CT molecular complexity index is 1170. The van der Waals surface area contributed by atoms with Crippen LogP contribution in [0.5, 0.6) is 0 Å². The fourth-order valence-corrected chi connectivity index (χ4v) is 7.17. The van der Waals surface area contributed by atoms with Gasteiger partial charge >= 0.3 is 0 Å². The minimum atomic E-state index is -3.74. The van der Waals surface area contributed by atoms with E-state index >= 15 is 0 Å². The first-order valence-corrected chi connectivity index (χ1v) is 14.3. The van der Waals surface area contributed by atoms with Gasteiger partial charge in [-0.15, -0.1) is 0 Å². The van der Waals surface area contributed by atoms with Crippen LogP contribution in [0.1, 0.15) is 60.4 Å². The Morgan fingerprint density at radius 3 is 2.12 bits per heavy atom. The summed E-state index contributed by atoms with van der Waals surface area (Å²) in [4.78, 5) is 12.5. The Kier molecular flexibility index (Phi) is 6.57. The van der Waals surface area contributed by atoms with Gasteiger partial charge in [0.15, 0.2) is 9.84 Å². The van der Waals surface area contributed by atoms with E-state index in [-0.39, 0.29) is 28.4 Å². The van der Waals surface area contributed by atoms with E-state index in [1.807, 2.05) is 12.1 Å². The van der Waals surface area contributed by atoms with Crippen LogP contribution in [0.4, 0.5) is 5.69 Å². The zero-order chi connectivity index (χ0) is 22.8. The molecule has 0 bridgehead atoms. The number of carbonyl (C=O) groups is 1. The molecule has 7 nitrogen and oxygen atoms in total. The number of anilines is 1. The van der Waals surface area contributed by atoms with Gasteiger partial charge < -0.3 is 5.32 Å². The van der Waals surface area contributed by atoms with Gasteiger partial charge in [-0.05, 0) is 67.1 Å². The van der Waals surface area contributed by atoms with Crippen molar-refractivity contribution in [2.24, 2.45) is 0 Å². The molecular formula is C23H28N2O5S2. The molecule has 0 spiro atoms. The van der Waals surface area contributed by atoms with Gasteiger partial charge in [0, 0.05) is 17.3 Å².